The van der Waals surface area contributed by atoms with Gasteiger partial charge in [0.25, 0.3) is 5.91 Å². The summed E-state index contributed by atoms with van der Waals surface area (Å²) in [5.74, 6) is -2.15. The van der Waals surface area contributed by atoms with Crippen LogP contribution in [-0.4, -0.2) is 48.4 Å². The van der Waals surface area contributed by atoms with Crippen LogP contribution >= 0.6 is 0 Å². The van der Waals surface area contributed by atoms with Gasteiger partial charge in [-0.3, -0.25) is 9.59 Å². The summed E-state index contributed by atoms with van der Waals surface area (Å²) in [5, 5.41) is 15.6. The fourth-order valence-electron chi connectivity index (χ4n) is 3.25. The highest BCUT2D eigenvalue weighted by molar-refractivity contribution is 7.89. The fraction of sp³-hybridized carbons (Fsp3) is 0.120. The second-order valence-corrected chi connectivity index (χ2v) is 9.59. The van der Waals surface area contributed by atoms with Crippen LogP contribution in [0.5, 0.6) is 0 Å². The van der Waals surface area contributed by atoms with Crippen LogP contribution in [0, 0.1) is 0 Å². The lowest BCUT2D eigenvalue weighted by Gasteiger charge is -2.21. The zero-order valence-corrected chi connectivity index (χ0v) is 20.1. The number of anilines is 1. The van der Waals surface area contributed by atoms with E-state index in [2.05, 4.69) is 15.8 Å². The number of nitrogens with one attached hydrogen (secondary N) is 2. The molecule has 186 valence electrons. The van der Waals surface area contributed by atoms with Crippen molar-refractivity contribution in [1.82, 2.24) is 9.73 Å². The number of carboxylic acid groups (broad SMARTS) is 1. The molecule has 0 aliphatic rings. The molecule has 0 spiro atoms. The normalized spacial score (nSPS) is 11.4. The Morgan fingerprint density at radius 2 is 1.58 bits per heavy atom. The maximum Gasteiger partial charge on any atom is 0.336 e. The average Bonchev–Trinajstić information content (AvgIpc) is 2.84. The van der Waals surface area contributed by atoms with Crippen LogP contribution in [0.4, 0.5) is 5.69 Å². The monoisotopic (exact) mass is 508 g/mol. The molecule has 0 bridgehead atoms. The Morgan fingerprint density at radius 3 is 2.22 bits per heavy atom. The molecule has 3 rings (SSSR count). The summed E-state index contributed by atoms with van der Waals surface area (Å²) >= 11 is 0. The zero-order chi connectivity index (χ0) is 26.1. The van der Waals surface area contributed by atoms with Crippen molar-refractivity contribution < 1.29 is 27.9 Å². The lowest BCUT2D eigenvalue weighted by Crippen LogP contribution is -2.39. The minimum Gasteiger partial charge on any atom is -0.478 e. The van der Waals surface area contributed by atoms with Crippen LogP contribution in [0.15, 0.2) is 88.9 Å². The molecule has 36 heavy (non-hydrogen) atoms. The van der Waals surface area contributed by atoms with Crippen LogP contribution in [0.25, 0.3) is 0 Å². The van der Waals surface area contributed by atoms with Gasteiger partial charge < -0.3 is 10.4 Å². The molecule has 0 fully saturated rings. The predicted octanol–water partition coefficient (Wildman–Crippen LogP) is 2.68. The highest BCUT2D eigenvalue weighted by Gasteiger charge is 2.27. The van der Waals surface area contributed by atoms with Crippen molar-refractivity contribution in [3.8, 4) is 0 Å². The Bertz CT molecular complexity index is 1370. The summed E-state index contributed by atoms with van der Waals surface area (Å²) in [4.78, 5) is 35.1. The second kappa shape index (κ2) is 11.9. The van der Waals surface area contributed by atoms with Crippen LogP contribution in [0.3, 0.4) is 0 Å². The number of hydrogen-bond acceptors (Lipinski definition) is 6. The Labute approximate surface area is 208 Å². The summed E-state index contributed by atoms with van der Waals surface area (Å²) in [6.45, 7) is 0.728. The molecule has 2 amide bonds. The number of aromatic carboxylic acids is 1. The number of carbonyl (C=O) groups excluding carboxylic acids is 2. The quantitative estimate of drug-likeness (QED) is 0.284. The van der Waals surface area contributed by atoms with E-state index < -0.39 is 28.4 Å². The third-order valence-electron chi connectivity index (χ3n) is 4.92. The number of hydrogen-bond donors (Lipinski definition) is 3. The number of carbonyl (C=O) groups is 3. The standard InChI is InChI=1S/C25H24N4O6S/c1-18(30)27-21-11-13-22(14-12-21)36(34,35)29(16-19-7-3-2-4-8-19)17-24(31)28-26-15-20-9-5-6-10-23(20)25(32)33/h2-15H,16-17H2,1H3,(H,27,30)(H,28,31)(H,32,33)/b26-15-. The molecule has 3 aromatic rings. The number of nitrogens with zero attached hydrogens (tertiary/aromatic N) is 2. The van der Waals surface area contributed by atoms with Crippen molar-refractivity contribution in [1.29, 1.82) is 0 Å². The first kappa shape index (κ1) is 26.3. The van der Waals surface area contributed by atoms with Crippen molar-refractivity contribution in [2.75, 3.05) is 11.9 Å². The molecule has 11 heteroatoms. The highest BCUT2D eigenvalue weighted by atomic mass is 32.2. The van der Waals surface area contributed by atoms with Crippen molar-refractivity contribution in [2.24, 2.45) is 5.10 Å². The van der Waals surface area contributed by atoms with E-state index in [0.29, 0.717) is 11.3 Å². The van der Waals surface area contributed by atoms with E-state index >= 15 is 0 Å². The summed E-state index contributed by atoms with van der Waals surface area (Å²) in [6, 6.07) is 20.5. The number of amides is 2. The zero-order valence-electron chi connectivity index (χ0n) is 19.3. The van der Waals surface area contributed by atoms with E-state index in [9.17, 15) is 27.9 Å². The maximum atomic E-state index is 13.4. The minimum atomic E-state index is -4.10. The third kappa shape index (κ3) is 7.08. The van der Waals surface area contributed by atoms with Gasteiger partial charge in [0.1, 0.15) is 0 Å². The maximum absolute atomic E-state index is 13.4. The molecular formula is C25H24N4O6S. The van der Waals surface area contributed by atoms with Gasteiger partial charge >= 0.3 is 5.97 Å². The van der Waals surface area contributed by atoms with E-state index in [1.54, 1.807) is 42.5 Å². The Kier molecular flexibility index (Phi) is 8.66. The first-order valence-electron chi connectivity index (χ1n) is 10.7. The van der Waals surface area contributed by atoms with E-state index in [1.165, 1.54) is 49.5 Å². The molecule has 0 heterocycles. The van der Waals surface area contributed by atoms with E-state index in [-0.39, 0.29) is 28.5 Å². The molecule has 0 saturated carbocycles. The molecule has 0 aromatic heterocycles. The van der Waals surface area contributed by atoms with Gasteiger partial charge in [0.2, 0.25) is 15.9 Å². The predicted molar refractivity (Wildman–Crippen MR) is 134 cm³/mol. The number of carboxylic acids is 1. The summed E-state index contributed by atoms with van der Waals surface area (Å²) in [6.07, 6.45) is 1.18. The largest absolute Gasteiger partial charge is 0.478 e. The lowest BCUT2D eigenvalue weighted by atomic mass is 10.1. The van der Waals surface area contributed by atoms with Crippen molar-refractivity contribution in [3.63, 3.8) is 0 Å². The summed E-state index contributed by atoms with van der Waals surface area (Å²) in [7, 11) is -4.10. The molecule has 0 aliphatic heterocycles. The topological polar surface area (TPSA) is 145 Å². The molecular weight excluding hydrogens is 484 g/mol. The Balaban J connectivity index is 1.80. The van der Waals surface area contributed by atoms with Gasteiger partial charge in [-0.1, -0.05) is 48.5 Å². The first-order chi connectivity index (χ1) is 17.2. The van der Waals surface area contributed by atoms with Crippen molar-refractivity contribution in [2.45, 2.75) is 18.4 Å². The fourth-order valence-corrected chi connectivity index (χ4v) is 4.63. The average molecular weight is 509 g/mol. The molecule has 0 radical (unpaired) electrons. The number of rotatable bonds is 10. The number of benzene rings is 3. The van der Waals surface area contributed by atoms with Crippen molar-refractivity contribution in [3.05, 3.63) is 95.6 Å². The summed E-state index contributed by atoms with van der Waals surface area (Å²) in [5.41, 5.74) is 3.64. The smallest absolute Gasteiger partial charge is 0.336 e. The lowest BCUT2D eigenvalue weighted by molar-refractivity contribution is -0.121. The molecule has 3 aromatic carbocycles. The van der Waals surface area contributed by atoms with E-state index in [1.807, 2.05) is 0 Å². The molecule has 0 unspecified atom stereocenters. The Morgan fingerprint density at radius 1 is 0.944 bits per heavy atom. The van der Waals surface area contributed by atoms with Gasteiger partial charge in [0.15, 0.2) is 0 Å². The summed E-state index contributed by atoms with van der Waals surface area (Å²) < 4.78 is 27.8. The molecule has 3 N–H and O–H groups in total. The molecule has 0 atom stereocenters. The van der Waals surface area contributed by atoms with Gasteiger partial charge in [-0.05, 0) is 35.9 Å². The minimum absolute atomic E-state index is 0.00601. The molecule has 10 nitrogen and oxygen atoms in total. The van der Waals surface area contributed by atoms with E-state index in [4.69, 9.17) is 0 Å². The number of hydrazone groups is 1. The number of sulfonamides is 1. The van der Waals surface area contributed by atoms with Gasteiger partial charge in [-0.15, -0.1) is 0 Å². The van der Waals surface area contributed by atoms with Crippen molar-refractivity contribution >= 4 is 39.7 Å². The Hall–Kier alpha value is -4.35. The van der Waals surface area contributed by atoms with Crippen LogP contribution < -0.4 is 10.7 Å². The molecule has 0 saturated heterocycles. The van der Waals surface area contributed by atoms with Crippen LogP contribution in [-0.2, 0) is 26.2 Å². The van der Waals surface area contributed by atoms with E-state index in [0.717, 1.165) is 4.31 Å². The highest BCUT2D eigenvalue weighted by Crippen LogP contribution is 2.20. The third-order valence-corrected chi connectivity index (χ3v) is 6.72. The first-order valence-corrected chi connectivity index (χ1v) is 12.2. The van der Waals surface area contributed by atoms with Gasteiger partial charge in [0.05, 0.1) is 23.2 Å². The van der Waals surface area contributed by atoms with Crippen LogP contribution in [0.1, 0.15) is 28.4 Å². The molecule has 0 aliphatic carbocycles. The van der Waals surface area contributed by atoms with Crippen LogP contribution in [0.2, 0.25) is 0 Å². The van der Waals surface area contributed by atoms with Gasteiger partial charge in [-0.2, -0.15) is 9.41 Å². The second-order valence-electron chi connectivity index (χ2n) is 7.65. The van der Waals surface area contributed by atoms with Gasteiger partial charge in [-0.25, -0.2) is 18.6 Å². The SMILES string of the molecule is CC(=O)Nc1ccc(S(=O)(=O)N(CC(=O)N/N=C\c2ccccc2C(=O)O)Cc2ccccc2)cc1. The van der Waals surface area contributed by atoms with Gasteiger partial charge in [0, 0.05) is 24.7 Å².